The average Bonchev–Trinajstić information content (AvgIpc) is 2.76. The molecule has 0 atom stereocenters. The number of benzene rings is 1. The Morgan fingerprint density at radius 2 is 2.19 bits per heavy atom. The summed E-state index contributed by atoms with van der Waals surface area (Å²) >= 11 is 3.33. The van der Waals surface area contributed by atoms with Crippen molar-refractivity contribution in [2.75, 3.05) is 0 Å². The summed E-state index contributed by atoms with van der Waals surface area (Å²) in [6.45, 7) is 5.42. The van der Waals surface area contributed by atoms with Crippen molar-refractivity contribution in [2.24, 2.45) is 0 Å². The predicted octanol–water partition coefficient (Wildman–Crippen LogP) is 1.80. The lowest BCUT2D eigenvalue weighted by Crippen LogP contribution is -2.21. The van der Waals surface area contributed by atoms with Gasteiger partial charge in [-0.25, -0.2) is 18.3 Å². The minimum atomic E-state index is -3.72. The second kappa shape index (κ2) is 5.98. The van der Waals surface area contributed by atoms with Crippen molar-refractivity contribution in [3.8, 4) is 0 Å². The Hall–Kier alpha value is -1.67. The van der Waals surface area contributed by atoms with Crippen molar-refractivity contribution >= 4 is 25.8 Å². The van der Waals surface area contributed by atoms with Gasteiger partial charge in [-0.1, -0.05) is 28.1 Å². The molecule has 0 spiro atoms. The van der Waals surface area contributed by atoms with E-state index in [0.717, 1.165) is 14.6 Å². The predicted molar refractivity (Wildman–Crippen MR) is 82.8 cm³/mol. The second-order valence-electron chi connectivity index (χ2n) is 4.54. The fourth-order valence-corrected chi connectivity index (χ4v) is 3.94. The molecule has 1 aromatic heterocycles. The van der Waals surface area contributed by atoms with Crippen LogP contribution in [-0.4, -0.2) is 23.2 Å². The van der Waals surface area contributed by atoms with Crippen LogP contribution in [0.5, 0.6) is 0 Å². The van der Waals surface area contributed by atoms with Crippen molar-refractivity contribution in [3.05, 3.63) is 56.9 Å². The molecule has 1 heterocycles. The smallest absolute Gasteiger partial charge is 0.262 e. The number of hydrogen-bond donors (Lipinski definition) is 1. The molecule has 0 aliphatic rings. The lowest BCUT2D eigenvalue weighted by atomic mass is 10.1. The first-order valence-electron chi connectivity index (χ1n) is 6.09. The molecule has 0 aliphatic heterocycles. The number of aromatic nitrogens is 3. The standard InChI is InChI=1S/C13H14BrN3O3S/c1-3-6-17-12(18)15-16-13(17)21(19,20)8-10-4-5-11(14)7-9(10)2/h3-5,7H,1,6,8H2,2H3,(H,15,18). The van der Waals surface area contributed by atoms with Crippen LogP contribution in [0.2, 0.25) is 0 Å². The molecule has 0 amide bonds. The maximum atomic E-state index is 12.5. The monoisotopic (exact) mass is 371 g/mol. The maximum absolute atomic E-state index is 12.5. The molecule has 0 saturated carbocycles. The first-order chi connectivity index (χ1) is 9.85. The van der Waals surface area contributed by atoms with Gasteiger partial charge in [0.05, 0.1) is 5.75 Å². The highest BCUT2D eigenvalue weighted by atomic mass is 79.9. The number of hydrogen-bond acceptors (Lipinski definition) is 4. The average molecular weight is 372 g/mol. The van der Waals surface area contributed by atoms with E-state index in [9.17, 15) is 13.2 Å². The summed E-state index contributed by atoms with van der Waals surface area (Å²) in [5, 5.41) is 5.52. The minimum absolute atomic E-state index is 0.0865. The molecule has 0 unspecified atom stereocenters. The Bertz CT molecular complexity index is 837. The number of halogens is 1. The number of aryl methyl sites for hydroxylation is 1. The zero-order chi connectivity index (χ0) is 15.6. The van der Waals surface area contributed by atoms with Gasteiger partial charge in [0.1, 0.15) is 0 Å². The van der Waals surface area contributed by atoms with Gasteiger partial charge >= 0.3 is 5.69 Å². The zero-order valence-corrected chi connectivity index (χ0v) is 13.7. The summed E-state index contributed by atoms with van der Waals surface area (Å²) in [6.07, 6.45) is 1.45. The van der Waals surface area contributed by atoms with E-state index < -0.39 is 15.5 Å². The van der Waals surface area contributed by atoms with Crippen LogP contribution in [0.25, 0.3) is 0 Å². The molecular formula is C13H14BrN3O3S. The molecule has 2 aromatic rings. The molecule has 0 saturated heterocycles. The van der Waals surface area contributed by atoms with E-state index in [-0.39, 0.29) is 17.5 Å². The third-order valence-corrected chi connectivity index (χ3v) is 5.02. The molecular weight excluding hydrogens is 358 g/mol. The zero-order valence-electron chi connectivity index (χ0n) is 11.3. The summed E-state index contributed by atoms with van der Waals surface area (Å²) in [4.78, 5) is 11.6. The number of rotatable bonds is 5. The Balaban J connectivity index is 2.43. The highest BCUT2D eigenvalue weighted by Crippen LogP contribution is 2.20. The van der Waals surface area contributed by atoms with Crippen LogP contribution in [0.4, 0.5) is 0 Å². The Kier molecular flexibility index (Phi) is 4.48. The number of H-pyrrole nitrogens is 1. The van der Waals surface area contributed by atoms with Crippen LogP contribution in [0, 0.1) is 6.92 Å². The molecule has 0 bridgehead atoms. The lowest BCUT2D eigenvalue weighted by molar-refractivity contribution is 0.570. The van der Waals surface area contributed by atoms with Gasteiger partial charge in [-0.15, -0.1) is 11.7 Å². The summed E-state index contributed by atoms with van der Waals surface area (Å²) in [5.41, 5.74) is 0.945. The van der Waals surface area contributed by atoms with Crippen molar-refractivity contribution in [1.82, 2.24) is 14.8 Å². The topological polar surface area (TPSA) is 84.8 Å². The largest absolute Gasteiger partial charge is 0.344 e. The Labute approximate surface area is 130 Å². The third-order valence-electron chi connectivity index (χ3n) is 2.96. The molecule has 112 valence electrons. The van der Waals surface area contributed by atoms with Crippen LogP contribution in [-0.2, 0) is 22.1 Å². The maximum Gasteiger partial charge on any atom is 0.344 e. The normalized spacial score (nSPS) is 11.5. The first kappa shape index (κ1) is 15.7. The Morgan fingerprint density at radius 3 is 2.81 bits per heavy atom. The van der Waals surface area contributed by atoms with Gasteiger partial charge < -0.3 is 0 Å². The molecule has 21 heavy (non-hydrogen) atoms. The van der Waals surface area contributed by atoms with Crippen molar-refractivity contribution < 1.29 is 8.42 Å². The van der Waals surface area contributed by atoms with Crippen LogP contribution in [0.3, 0.4) is 0 Å². The third kappa shape index (κ3) is 3.33. The van der Waals surface area contributed by atoms with Crippen molar-refractivity contribution in [2.45, 2.75) is 24.4 Å². The van der Waals surface area contributed by atoms with E-state index in [0.29, 0.717) is 5.56 Å². The van der Waals surface area contributed by atoms with Crippen LogP contribution in [0.15, 0.2) is 45.3 Å². The SMILES string of the molecule is C=CCn1c(S(=O)(=O)Cc2ccc(Br)cc2C)n[nH]c1=O. The summed E-state index contributed by atoms with van der Waals surface area (Å²) in [7, 11) is -3.72. The molecule has 1 N–H and O–H groups in total. The molecule has 6 nitrogen and oxygen atoms in total. The van der Waals surface area contributed by atoms with Gasteiger partial charge in [0.2, 0.25) is 9.84 Å². The van der Waals surface area contributed by atoms with Gasteiger partial charge in [0, 0.05) is 11.0 Å². The molecule has 0 fully saturated rings. The molecule has 1 aromatic carbocycles. The summed E-state index contributed by atoms with van der Waals surface area (Å²) in [6, 6.07) is 5.35. The number of nitrogens with zero attached hydrogens (tertiary/aromatic N) is 2. The highest BCUT2D eigenvalue weighted by molar-refractivity contribution is 9.10. The van der Waals surface area contributed by atoms with Crippen molar-refractivity contribution in [1.29, 1.82) is 0 Å². The molecule has 0 aliphatic carbocycles. The van der Waals surface area contributed by atoms with Gasteiger partial charge in [-0.2, -0.15) is 0 Å². The van der Waals surface area contributed by atoms with E-state index in [1.807, 2.05) is 13.0 Å². The fourth-order valence-electron chi connectivity index (χ4n) is 1.92. The van der Waals surface area contributed by atoms with E-state index in [2.05, 4.69) is 32.7 Å². The van der Waals surface area contributed by atoms with Gasteiger partial charge in [0.15, 0.2) is 0 Å². The number of aromatic amines is 1. The van der Waals surface area contributed by atoms with E-state index in [1.54, 1.807) is 12.1 Å². The van der Waals surface area contributed by atoms with Crippen LogP contribution >= 0.6 is 15.9 Å². The van der Waals surface area contributed by atoms with E-state index in [4.69, 9.17) is 0 Å². The van der Waals surface area contributed by atoms with Gasteiger partial charge in [0.25, 0.3) is 5.16 Å². The molecule has 2 rings (SSSR count). The van der Waals surface area contributed by atoms with E-state index in [1.165, 1.54) is 6.08 Å². The Morgan fingerprint density at radius 1 is 1.48 bits per heavy atom. The number of allylic oxidation sites excluding steroid dienone is 1. The number of nitrogens with one attached hydrogen (secondary N) is 1. The molecule has 8 heteroatoms. The van der Waals surface area contributed by atoms with Crippen LogP contribution < -0.4 is 5.69 Å². The van der Waals surface area contributed by atoms with E-state index >= 15 is 0 Å². The first-order valence-corrected chi connectivity index (χ1v) is 8.53. The lowest BCUT2D eigenvalue weighted by Gasteiger charge is -2.08. The highest BCUT2D eigenvalue weighted by Gasteiger charge is 2.24. The number of sulfone groups is 1. The summed E-state index contributed by atoms with van der Waals surface area (Å²) < 4.78 is 26.9. The second-order valence-corrected chi connectivity index (χ2v) is 7.34. The quantitative estimate of drug-likeness (QED) is 0.812. The van der Waals surface area contributed by atoms with Crippen molar-refractivity contribution in [3.63, 3.8) is 0 Å². The molecule has 0 radical (unpaired) electrons. The van der Waals surface area contributed by atoms with Gasteiger partial charge in [-0.3, -0.25) is 4.57 Å². The van der Waals surface area contributed by atoms with Crippen LogP contribution in [0.1, 0.15) is 11.1 Å². The fraction of sp³-hybridized carbons (Fsp3) is 0.231. The summed E-state index contributed by atoms with van der Waals surface area (Å²) in [5.74, 6) is -0.215. The van der Waals surface area contributed by atoms with Gasteiger partial charge in [-0.05, 0) is 30.2 Å². The minimum Gasteiger partial charge on any atom is -0.262 e.